The van der Waals surface area contributed by atoms with Crippen LogP contribution < -0.4 is 11.1 Å². The number of aliphatic hydroxyl groups is 1. The molecule has 1 aromatic carbocycles. The van der Waals surface area contributed by atoms with Crippen molar-refractivity contribution in [1.29, 1.82) is 0 Å². The molecule has 2 atom stereocenters. The van der Waals surface area contributed by atoms with Crippen molar-refractivity contribution in [2.24, 2.45) is 0 Å². The molecule has 1 aliphatic heterocycles. The summed E-state index contributed by atoms with van der Waals surface area (Å²) in [7, 11) is -3.13. The van der Waals surface area contributed by atoms with Gasteiger partial charge < -0.3 is 16.2 Å². The van der Waals surface area contributed by atoms with Crippen LogP contribution in [0.15, 0.2) is 18.2 Å². The Morgan fingerprint density at radius 3 is 2.65 bits per heavy atom. The number of sulfone groups is 1. The molecule has 1 heterocycles. The minimum absolute atomic E-state index is 0.0397. The molecular weight excluding hydrogens is 240 g/mol. The predicted molar refractivity (Wildman–Crippen MR) is 67.7 cm³/mol. The van der Waals surface area contributed by atoms with Crippen LogP contribution in [0.5, 0.6) is 0 Å². The SMILES string of the molecule is Cc1ccc(N[C@H]2CS(=O)(=O)C[C@@H]2O)cc1N. The topological polar surface area (TPSA) is 92.4 Å². The molecule has 0 aromatic heterocycles. The van der Waals surface area contributed by atoms with Crippen LogP contribution in [0, 0.1) is 6.92 Å². The molecular formula is C11H16N2O3S. The van der Waals surface area contributed by atoms with E-state index in [9.17, 15) is 13.5 Å². The lowest BCUT2D eigenvalue weighted by Gasteiger charge is -2.17. The van der Waals surface area contributed by atoms with Crippen LogP contribution in [-0.4, -0.2) is 37.2 Å². The van der Waals surface area contributed by atoms with Gasteiger partial charge in [0.25, 0.3) is 0 Å². The summed E-state index contributed by atoms with van der Waals surface area (Å²) in [6, 6.07) is 4.96. The molecule has 1 saturated heterocycles. The van der Waals surface area contributed by atoms with Gasteiger partial charge in [-0.25, -0.2) is 8.42 Å². The first kappa shape index (κ1) is 12.2. The monoisotopic (exact) mass is 256 g/mol. The highest BCUT2D eigenvalue weighted by Crippen LogP contribution is 2.21. The summed E-state index contributed by atoms with van der Waals surface area (Å²) in [4.78, 5) is 0. The summed E-state index contributed by atoms with van der Waals surface area (Å²) < 4.78 is 22.7. The molecule has 1 aliphatic rings. The number of benzene rings is 1. The van der Waals surface area contributed by atoms with E-state index in [-0.39, 0.29) is 11.5 Å². The zero-order valence-electron chi connectivity index (χ0n) is 9.55. The summed E-state index contributed by atoms with van der Waals surface area (Å²) >= 11 is 0. The Balaban J connectivity index is 2.14. The molecule has 1 fully saturated rings. The quantitative estimate of drug-likeness (QED) is 0.655. The van der Waals surface area contributed by atoms with Gasteiger partial charge in [0, 0.05) is 11.4 Å². The van der Waals surface area contributed by atoms with Crippen molar-refractivity contribution < 1.29 is 13.5 Å². The smallest absolute Gasteiger partial charge is 0.155 e. The molecule has 0 radical (unpaired) electrons. The van der Waals surface area contributed by atoms with Crippen molar-refractivity contribution in [2.75, 3.05) is 22.6 Å². The maximum absolute atomic E-state index is 11.3. The molecule has 5 nitrogen and oxygen atoms in total. The van der Waals surface area contributed by atoms with Gasteiger partial charge in [0.15, 0.2) is 9.84 Å². The number of hydrogen-bond donors (Lipinski definition) is 3. The van der Waals surface area contributed by atoms with Crippen LogP contribution in [0.1, 0.15) is 5.56 Å². The fraction of sp³-hybridized carbons (Fsp3) is 0.455. The Bertz CT molecular complexity index is 528. The van der Waals surface area contributed by atoms with Crippen LogP contribution in [-0.2, 0) is 9.84 Å². The largest absolute Gasteiger partial charge is 0.398 e. The minimum atomic E-state index is -3.13. The van der Waals surface area contributed by atoms with Gasteiger partial charge in [-0.2, -0.15) is 0 Å². The number of nitrogen functional groups attached to an aromatic ring is 1. The van der Waals surface area contributed by atoms with Gasteiger partial charge in [0.1, 0.15) is 0 Å². The summed E-state index contributed by atoms with van der Waals surface area (Å²) in [5.74, 6) is -0.214. The number of aryl methyl sites for hydroxylation is 1. The van der Waals surface area contributed by atoms with E-state index in [2.05, 4.69) is 5.32 Å². The van der Waals surface area contributed by atoms with E-state index in [0.29, 0.717) is 5.69 Å². The van der Waals surface area contributed by atoms with Gasteiger partial charge in [-0.3, -0.25) is 0 Å². The molecule has 0 aliphatic carbocycles. The third-order valence-corrected chi connectivity index (χ3v) is 4.67. The highest BCUT2D eigenvalue weighted by atomic mass is 32.2. The van der Waals surface area contributed by atoms with Crippen molar-refractivity contribution in [3.05, 3.63) is 23.8 Å². The fourth-order valence-corrected chi connectivity index (χ4v) is 3.65. The van der Waals surface area contributed by atoms with Gasteiger partial charge in [0.05, 0.1) is 23.7 Å². The first-order valence-electron chi connectivity index (χ1n) is 5.38. The molecule has 0 saturated carbocycles. The van der Waals surface area contributed by atoms with Crippen molar-refractivity contribution in [3.8, 4) is 0 Å². The zero-order valence-corrected chi connectivity index (χ0v) is 10.4. The maximum atomic E-state index is 11.3. The molecule has 2 rings (SSSR count). The van der Waals surface area contributed by atoms with Gasteiger partial charge in [-0.1, -0.05) is 6.07 Å². The Kier molecular flexibility index (Phi) is 3.01. The minimum Gasteiger partial charge on any atom is -0.398 e. The Morgan fingerprint density at radius 1 is 1.41 bits per heavy atom. The molecule has 17 heavy (non-hydrogen) atoms. The number of nitrogens with two attached hydrogens (primary N) is 1. The van der Waals surface area contributed by atoms with Crippen LogP contribution in [0.4, 0.5) is 11.4 Å². The second kappa shape index (κ2) is 4.19. The standard InChI is InChI=1S/C11H16N2O3S/c1-7-2-3-8(4-9(7)12)13-10-5-17(15,16)6-11(10)14/h2-4,10-11,13-14H,5-6,12H2,1H3/t10-,11-/m0/s1. The molecule has 0 unspecified atom stereocenters. The third kappa shape index (κ3) is 2.70. The summed E-state index contributed by atoms with van der Waals surface area (Å²) in [5, 5.41) is 12.6. The third-order valence-electron chi connectivity index (χ3n) is 2.95. The Hall–Kier alpha value is -1.27. The molecule has 6 heteroatoms. The zero-order chi connectivity index (χ0) is 12.6. The predicted octanol–water partition coefficient (Wildman–Crippen LogP) is 0.147. The van der Waals surface area contributed by atoms with Crippen molar-refractivity contribution in [3.63, 3.8) is 0 Å². The fourth-order valence-electron chi connectivity index (χ4n) is 1.91. The van der Waals surface area contributed by atoms with Crippen molar-refractivity contribution in [2.45, 2.75) is 19.1 Å². The highest BCUT2D eigenvalue weighted by molar-refractivity contribution is 7.91. The highest BCUT2D eigenvalue weighted by Gasteiger charge is 2.36. The molecule has 1 aromatic rings. The number of aliphatic hydroxyl groups excluding tert-OH is 1. The summed E-state index contributed by atoms with van der Waals surface area (Å²) in [5.41, 5.74) is 8.10. The number of rotatable bonds is 2. The van der Waals surface area contributed by atoms with Gasteiger partial charge in [-0.05, 0) is 24.6 Å². The Morgan fingerprint density at radius 2 is 2.12 bits per heavy atom. The molecule has 94 valence electrons. The van der Waals surface area contributed by atoms with E-state index in [1.165, 1.54) is 0 Å². The first-order chi connectivity index (χ1) is 7.87. The molecule has 4 N–H and O–H groups in total. The summed E-state index contributed by atoms with van der Waals surface area (Å²) in [6.07, 6.45) is -0.859. The van der Waals surface area contributed by atoms with E-state index >= 15 is 0 Å². The second-order valence-electron chi connectivity index (χ2n) is 4.47. The van der Waals surface area contributed by atoms with E-state index in [1.807, 2.05) is 19.1 Å². The van der Waals surface area contributed by atoms with E-state index in [1.54, 1.807) is 6.07 Å². The van der Waals surface area contributed by atoms with Gasteiger partial charge in [0.2, 0.25) is 0 Å². The lowest BCUT2D eigenvalue weighted by Crippen LogP contribution is -2.31. The van der Waals surface area contributed by atoms with Crippen LogP contribution in [0.25, 0.3) is 0 Å². The maximum Gasteiger partial charge on any atom is 0.155 e. The number of anilines is 2. The van der Waals surface area contributed by atoms with E-state index in [0.717, 1.165) is 11.3 Å². The normalized spacial score (nSPS) is 26.9. The van der Waals surface area contributed by atoms with Crippen molar-refractivity contribution in [1.82, 2.24) is 0 Å². The number of hydrogen-bond acceptors (Lipinski definition) is 5. The van der Waals surface area contributed by atoms with Gasteiger partial charge in [-0.15, -0.1) is 0 Å². The summed E-state index contributed by atoms with van der Waals surface area (Å²) in [6.45, 7) is 1.90. The lowest BCUT2D eigenvalue weighted by atomic mass is 10.1. The first-order valence-corrected chi connectivity index (χ1v) is 7.21. The Labute approximate surface area is 101 Å². The van der Waals surface area contributed by atoms with Crippen molar-refractivity contribution >= 4 is 21.2 Å². The van der Waals surface area contributed by atoms with Crippen LogP contribution in [0.2, 0.25) is 0 Å². The number of nitrogens with one attached hydrogen (secondary N) is 1. The average molecular weight is 256 g/mol. The molecule has 0 amide bonds. The van der Waals surface area contributed by atoms with E-state index in [4.69, 9.17) is 5.73 Å². The molecule has 0 bridgehead atoms. The van der Waals surface area contributed by atoms with Crippen LogP contribution in [0.3, 0.4) is 0 Å². The van der Waals surface area contributed by atoms with Gasteiger partial charge >= 0.3 is 0 Å². The second-order valence-corrected chi connectivity index (χ2v) is 6.62. The van der Waals surface area contributed by atoms with Crippen LogP contribution >= 0.6 is 0 Å². The molecule has 0 spiro atoms. The average Bonchev–Trinajstić information content (AvgIpc) is 2.46. The van der Waals surface area contributed by atoms with E-state index < -0.39 is 22.0 Å². The lowest BCUT2D eigenvalue weighted by molar-refractivity contribution is 0.190.